The number of hydrogen-bond acceptors (Lipinski definition) is 28. The molecule has 31 nitrogen and oxygen atoms in total. The van der Waals surface area contributed by atoms with Crippen LogP contribution in [0.2, 0.25) is 0 Å². The molecule has 3 saturated heterocycles. The van der Waals surface area contributed by atoms with Crippen molar-refractivity contribution in [1.29, 1.82) is 0 Å². The van der Waals surface area contributed by atoms with E-state index >= 15 is 0 Å². The molecule has 18 atom stereocenters. The van der Waals surface area contributed by atoms with Crippen molar-refractivity contribution in [3.05, 3.63) is 188 Å². The average molecular weight is 1740 g/mol. The Morgan fingerprint density at radius 3 is 1.16 bits per heavy atom. The maximum absolute atomic E-state index is 13.2. The van der Waals surface area contributed by atoms with Gasteiger partial charge in [0.15, 0.2) is 24.5 Å². The monoisotopic (exact) mass is 1740 g/mol. The maximum Gasteiger partial charge on any atom is 0.324 e. The minimum atomic E-state index is -3.52. The van der Waals surface area contributed by atoms with Gasteiger partial charge in [0.25, 0.3) is 0 Å². The molecule has 0 spiro atoms. The first-order chi connectivity index (χ1) is 55.0. The third kappa shape index (κ3) is 26.9. The molecule has 6 aliphatic rings. The molecule has 640 valence electrons. The third-order valence-electron chi connectivity index (χ3n) is 18.4. The van der Waals surface area contributed by atoms with Gasteiger partial charge in [-0.05, 0) is 189 Å². The lowest BCUT2D eigenvalue weighted by Gasteiger charge is -2.35. The molecule has 6 aliphatic heterocycles. The fourth-order valence-corrected chi connectivity index (χ4v) is 19.8. The van der Waals surface area contributed by atoms with Crippen LogP contribution in [0.25, 0.3) is 0 Å². The van der Waals surface area contributed by atoms with Gasteiger partial charge >= 0.3 is 37.8 Å². The Labute approximate surface area is 697 Å². The van der Waals surface area contributed by atoms with Crippen molar-refractivity contribution >= 4 is 96.8 Å². The second kappa shape index (κ2) is 42.4. The number of amides is 3. The molecule has 4 aromatic carbocycles. The molecule has 0 radical (unpaired) electrons. The smallest absolute Gasteiger partial charge is 0.324 e. The van der Waals surface area contributed by atoms with Crippen LogP contribution in [0.4, 0.5) is 0 Å². The predicted molar refractivity (Wildman–Crippen MR) is 443 cm³/mol. The largest absolute Gasteiger partial charge is 0.463 e. The fraction of sp³-hybridized carbons (Fsp3) is 0.487. The number of carbonyl (C=O) groups excluding carboxylic acids is 7. The molecule has 0 aromatic heterocycles. The van der Waals surface area contributed by atoms with Gasteiger partial charge < -0.3 is 86.2 Å². The number of aliphatic hydroxyl groups is 6. The summed E-state index contributed by atoms with van der Waals surface area (Å²) in [7, 11) is 0. The number of aliphatic hydroxyl groups excluding tert-OH is 3. The van der Waals surface area contributed by atoms with Crippen LogP contribution in [0.15, 0.2) is 182 Å². The van der Waals surface area contributed by atoms with E-state index in [-0.39, 0.29) is 87.8 Å². The summed E-state index contributed by atoms with van der Waals surface area (Å²) in [6.45, 7) is 14.7. The molecule has 6 heterocycles. The second-order valence-corrected chi connectivity index (χ2v) is 39.3. The minimum Gasteiger partial charge on any atom is -0.463 e. The normalized spacial score (nSPS) is 27.4. The summed E-state index contributed by atoms with van der Waals surface area (Å²) in [4.78, 5) is 90.8. The van der Waals surface area contributed by atoms with Gasteiger partial charge in [0, 0.05) is 24.6 Å². The first kappa shape index (κ1) is 95.3. The van der Waals surface area contributed by atoms with Gasteiger partial charge in [-0.3, -0.25) is 48.3 Å². The first-order valence-corrected chi connectivity index (χ1v) is 46.0. The van der Waals surface area contributed by atoms with Crippen LogP contribution in [0.1, 0.15) is 120 Å². The zero-order valence-electron chi connectivity index (χ0n) is 67.0. The molecule has 117 heavy (non-hydrogen) atoms. The van der Waals surface area contributed by atoms with E-state index < -0.39 is 134 Å². The van der Waals surface area contributed by atoms with Gasteiger partial charge in [-0.2, -0.15) is 0 Å². The van der Waals surface area contributed by atoms with Crippen molar-refractivity contribution in [2.75, 3.05) is 19.8 Å². The van der Waals surface area contributed by atoms with E-state index in [0.717, 1.165) is 10.5 Å². The number of hydrogen-bond donors (Lipinski definition) is 9. The number of nitrogens with zero attached hydrogens (tertiary/aromatic N) is 3. The molecule has 0 saturated carbocycles. The summed E-state index contributed by atoms with van der Waals surface area (Å²) in [5.41, 5.74) is -3.35. The summed E-state index contributed by atoms with van der Waals surface area (Å²) >= 11 is 17.4. The first-order valence-electron chi connectivity index (χ1n) is 38.0. The molecular weight excluding hydrogens is 1630 g/mol. The predicted octanol–water partition coefficient (Wildman–Crippen LogP) is 8.53. The van der Waals surface area contributed by atoms with Crippen LogP contribution in [0, 0.1) is 0 Å². The molecule has 0 bridgehead atoms. The number of nitrogens with one attached hydrogen (secondary N) is 3. The molecule has 10 rings (SSSR count). The van der Waals surface area contributed by atoms with Gasteiger partial charge in [-0.1, -0.05) is 111 Å². The third-order valence-corrected chi connectivity index (χ3v) is 25.8. The average Bonchev–Trinajstić information content (AvgIpc) is 1.63. The summed E-state index contributed by atoms with van der Waals surface area (Å²) in [6, 6.07) is 33.5. The molecule has 37 heteroatoms. The molecule has 9 N–H and O–H groups in total. The van der Waals surface area contributed by atoms with Crippen molar-refractivity contribution in [1.82, 2.24) is 30.0 Å². The highest BCUT2D eigenvalue weighted by molar-refractivity contribution is 8.09. The van der Waals surface area contributed by atoms with E-state index in [4.69, 9.17) is 91.0 Å². The Bertz CT molecular complexity index is 4340. The van der Waals surface area contributed by atoms with Crippen molar-refractivity contribution < 1.29 is 120 Å². The zero-order chi connectivity index (χ0) is 86.0. The van der Waals surface area contributed by atoms with Crippen molar-refractivity contribution in [3.8, 4) is 17.2 Å². The summed E-state index contributed by atoms with van der Waals surface area (Å²) in [5, 5.41) is 75.1. The molecule has 0 aliphatic carbocycles. The van der Waals surface area contributed by atoms with E-state index in [0.29, 0.717) is 41.2 Å². The number of ether oxygens (including phenoxy) is 6. The maximum atomic E-state index is 13.2. The highest BCUT2D eigenvalue weighted by Crippen LogP contribution is 2.51. The quantitative estimate of drug-likeness (QED) is 0.00901. The standard InChI is InChI=1S/C30H37N2O8PS.C25H35N2O9PS.C25H35N2O8PS/c1-20(2)38-28(35)24(18-22-11-7-5-8-12-22)31-41(42,40-23-13-9-6-10-14-23)37-19-25-27(34)30(4,36)29(39-25)32-16-15-21(3)17-26(32)33;1-5-9-19(23(31)34-16(2)3)26-37(38,36-18-10-7-6-8-11-18)33-15-20-22(30)25(4,32)24(35-20)27-13-12-17(28)14-21(27)29;1-16(2)33-22(29)14-18(4)26-36(37,35-19-9-7-6-8-10-19)32-15-20-23(30)25(5,31)24(34-20)27-12-11-17(3)13-21(27)28/h5-16,20,24-25,27,29,34,36H,3,17-19H2,1-2,4H3,(H,31,42);6-8,10-13,16,19-20,22,24,30,32H,5,9,14-15H2,1-4H3,(H,26,38);6-12,16,18,20,23-24,30-31H,3,13-15H2,1-2,4-5H3,(H,26,37)/t24?,25-,27-,29-,30-,41?;19?,20-,22-,24-,25-,37?;18?,20-,23-,24-,25-,36?/m111/s1. The summed E-state index contributed by atoms with van der Waals surface area (Å²) in [5.74, 6) is -1.73. The number of benzene rings is 4. The van der Waals surface area contributed by atoms with Gasteiger partial charge in [0.1, 0.15) is 82.8 Å². The van der Waals surface area contributed by atoms with Crippen molar-refractivity contribution in [3.63, 3.8) is 0 Å². The Kier molecular flexibility index (Phi) is 34.5. The van der Waals surface area contributed by atoms with Crippen LogP contribution >= 0.6 is 19.9 Å². The van der Waals surface area contributed by atoms with E-state index in [1.807, 2.05) is 49.4 Å². The van der Waals surface area contributed by atoms with Crippen LogP contribution in [0.5, 0.6) is 17.2 Å². The highest BCUT2D eigenvalue weighted by atomic mass is 32.5. The zero-order valence-corrected chi connectivity index (χ0v) is 72.1. The molecule has 4 aromatic rings. The van der Waals surface area contributed by atoms with Crippen molar-refractivity contribution in [2.24, 2.45) is 0 Å². The second-order valence-electron chi connectivity index (χ2n) is 29.9. The Balaban J connectivity index is 0.000000220. The van der Waals surface area contributed by atoms with Crippen LogP contribution < -0.4 is 28.8 Å². The molecule has 3 fully saturated rings. The number of allylic oxidation sites excluding steroid dienone is 3. The highest BCUT2D eigenvalue weighted by Gasteiger charge is 2.59. The molecule has 3 amide bonds. The van der Waals surface area contributed by atoms with Gasteiger partial charge in [-0.25, -0.2) is 15.3 Å². The van der Waals surface area contributed by atoms with Crippen LogP contribution in [0.3, 0.4) is 0 Å². The van der Waals surface area contributed by atoms with E-state index in [1.165, 1.54) is 55.2 Å². The Hall–Kier alpha value is -7.18. The van der Waals surface area contributed by atoms with E-state index in [2.05, 4.69) is 28.4 Å². The molecule has 6 unspecified atom stereocenters. The number of carbonyl (C=O) groups is 7. The van der Waals surface area contributed by atoms with E-state index in [1.54, 1.807) is 139 Å². The van der Waals surface area contributed by atoms with E-state index in [9.17, 15) is 64.2 Å². The van der Waals surface area contributed by atoms with Gasteiger partial charge in [0.05, 0.1) is 63.8 Å². The molecular formula is C80H107N6O25P3S3. The number of esters is 3. The SMILES string of the molecule is C=C1C=CN([C@@H]2O[C@H](COP(=S)(NC(C)CC(=O)OC(C)C)Oc3ccccc3)[C@@H](O)[C@@]2(C)O)C(=O)C1.C=C1C=CN([C@@H]2O[C@H](COP(=S)(NC(Cc3ccccc3)C(=O)OC(C)C)Oc3ccccc3)[C@@H](O)[C@@]2(C)O)C(=O)C1.CCCC(NP(=S)(OC[C@H]1O[C@@H](N2C=CC(=O)CC2=O)[C@](C)(O)[C@@H]1O)Oc1ccccc1)C(=O)OC(C)C. The lowest BCUT2D eigenvalue weighted by Crippen LogP contribution is -2.54. The summed E-state index contributed by atoms with van der Waals surface area (Å²) in [6.07, 6.45) is -2.20. The lowest BCUT2D eigenvalue weighted by molar-refractivity contribution is -0.158. The van der Waals surface area contributed by atoms with Gasteiger partial charge in [0.2, 0.25) is 17.7 Å². The topological polar surface area (TPSA) is 397 Å². The van der Waals surface area contributed by atoms with Crippen LogP contribution in [-0.2, 0) is 117 Å². The fourth-order valence-electron chi connectivity index (χ4n) is 12.6. The number of ketones is 1. The lowest BCUT2D eigenvalue weighted by atomic mass is 9.95. The number of para-hydroxylation sites is 3. The van der Waals surface area contributed by atoms with Crippen LogP contribution in [-0.4, -0.2) is 215 Å². The number of rotatable bonds is 35. The van der Waals surface area contributed by atoms with Gasteiger partial charge in [-0.15, -0.1) is 0 Å². The summed E-state index contributed by atoms with van der Waals surface area (Å²) < 4.78 is 70.2. The van der Waals surface area contributed by atoms with Crippen molar-refractivity contribution in [2.45, 2.75) is 230 Å². The minimum absolute atomic E-state index is 0.0338. The Morgan fingerprint density at radius 1 is 0.496 bits per heavy atom. The Morgan fingerprint density at radius 2 is 0.821 bits per heavy atom.